The van der Waals surface area contributed by atoms with E-state index in [1.165, 1.54) is 11.3 Å². The number of hydrogen-bond donors (Lipinski definition) is 1. The molecule has 0 spiro atoms. The van der Waals surface area contributed by atoms with Crippen molar-refractivity contribution in [1.82, 2.24) is 9.88 Å². The summed E-state index contributed by atoms with van der Waals surface area (Å²) in [6, 6.07) is 0.216. The lowest BCUT2D eigenvalue weighted by atomic mass is 10.2. The SMILES string of the molecule is CC(O)CN(CC(=O)N(C)c1nccs1)C(C)C. The second-order valence-electron chi connectivity index (χ2n) is 4.64. The summed E-state index contributed by atoms with van der Waals surface area (Å²) in [5.74, 6) is -0.0145. The van der Waals surface area contributed by atoms with Crippen molar-refractivity contribution >= 4 is 22.4 Å². The molecule has 1 atom stereocenters. The number of anilines is 1. The highest BCUT2D eigenvalue weighted by atomic mass is 32.1. The van der Waals surface area contributed by atoms with E-state index < -0.39 is 6.10 Å². The molecular formula is C12H21N3O2S. The van der Waals surface area contributed by atoms with E-state index in [-0.39, 0.29) is 11.9 Å². The van der Waals surface area contributed by atoms with E-state index in [9.17, 15) is 9.90 Å². The first-order valence-electron chi connectivity index (χ1n) is 6.00. The van der Waals surface area contributed by atoms with Crippen LogP contribution >= 0.6 is 11.3 Å². The molecule has 0 saturated heterocycles. The maximum atomic E-state index is 12.1. The Morgan fingerprint density at radius 3 is 2.61 bits per heavy atom. The fourth-order valence-corrected chi connectivity index (χ4v) is 2.19. The van der Waals surface area contributed by atoms with Crippen molar-refractivity contribution in [3.05, 3.63) is 11.6 Å². The van der Waals surface area contributed by atoms with E-state index in [4.69, 9.17) is 0 Å². The molecule has 1 aromatic heterocycles. The molecule has 1 amide bonds. The molecule has 0 aliphatic carbocycles. The Labute approximate surface area is 112 Å². The number of aliphatic hydroxyl groups excluding tert-OH is 1. The number of rotatable bonds is 6. The molecule has 1 aromatic rings. The number of hydrogen-bond acceptors (Lipinski definition) is 5. The summed E-state index contributed by atoms with van der Waals surface area (Å²) >= 11 is 1.43. The molecule has 1 rings (SSSR count). The van der Waals surface area contributed by atoms with Crippen molar-refractivity contribution in [2.24, 2.45) is 0 Å². The molecule has 5 nitrogen and oxygen atoms in total. The van der Waals surface area contributed by atoms with E-state index in [2.05, 4.69) is 4.98 Å². The molecule has 0 bridgehead atoms. The molecular weight excluding hydrogens is 250 g/mol. The number of aliphatic hydroxyl groups is 1. The van der Waals surface area contributed by atoms with Crippen LogP contribution in [0.15, 0.2) is 11.6 Å². The predicted molar refractivity (Wildman–Crippen MR) is 73.9 cm³/mol. The van der Waals surface area contributed by atoms with Gasteiger partial charge in [0.2, 0.25) is 5.91 Å². The molecule has 0 aliphatic rings. The van der Waals surface area contributed by atoms with Gasteiger partial charge in [0.1, 0.15) is 0 Å². The zero-order valence-corrected chi connectivity index (χ0v) is 12.1. The van der Waals surface area contributed by atoms with Crippen LogP contribution in [-0.4, -0.2) is 53.2 Å². The Kier molecular flexibility index (Phi) is 5.71. The summed E-state index contributed by atoms with van der Waals surface area (Å²) in [6.45, 7) is 6.54. The van der Waals surface area contributed by atoms with Gasteiger partial charge in [-0.3, -0.25) is 14.6 Å². The highest BCUT2D eigenvalue weighted by Gasteiger charge is 2.20. The normalized spacial score (nSPS) is 13.1. The third-order valence-electron chi connectivity index (χ3n) is 2.65. The third-order valence-corrected chi connectivity index (χ3v) is 3.50. The minimum absolute atomic E-state index is 0.0145. The van der Waals surface area contributed by atoms with Crippen molar-refractivity contribution in [3.63, 3.8) is 0 Å². The minimum atomic E-state index is -0.439. The fourth-order valence-electron chi connectivity index (χ4n) is 1.57. The first kappa shape index (κ1) is 15.1. The first-order valence-corrected chi connectivity index (χ1v) is 6.88. The Hall–Kier alpha value is -0.980. The van der Waals surface area contributed by atoms with Gasteiger partial charge in [0, 0.05) is 31.2 Å². The molecule has 0 aliphatic heterocycles. The predicted octanol–water partition coefficient (Wildman–Crippen LogP) is 1.20. The Balaban J connectivity index is 2.61. The number of nitrogens with zero attached hydrogens (tertiary/aromatic N) is 3. The standard InChI is InChI=1S/C12H21N3O2S/c1-9(2)15(7-10(3)16)8-11(17)14(4)12-13-5-6-18-12/h5-6,9-10,16H,7-8H2,1-4H3. The summed E-state index contributed by atoms with van der Waals surface area (Å²) < 4.78 is 0. The largest absolute Gasteiger partial charge is 0.392 e. The smallest absolute Gasteiger partial charge is 0.242 e. The van der Waals surface area contributed by atoms with Gasteiger partial charge < -0.3 is 5.11 Å². The summed E-state index contributed by atoms with van der Waals surface area (Å²) in [5.41, 5.74) is 0. The summed E-state index contributed by atoms with van der Waals surface area (Å²) in [7, 11) is 1.72. The minimum Gasteiger partial charge on any atom is -0.392 e. The van der Waals surface area contributed by atoms with Crippen molar-refractivity contribution in [2.45, 2.75) is 32.9 Å². The van der Waals surface area contributed by atoms with Crippen LogP contribution in [0.25, 0.3) is 0 Å². The van der Waals surface area contributed by atoms with E-state index in [0.29, 0.717) is 18.2 Å². The molecule has 0 fully saturated rings. The van der Waals surface area contributed by atoms with Crippen LogP contribution in [0.3, 0.4) is 0 Å². The number of carbonyl (C=O) groups is 1. The third kappa shape index (κ3) is 4.36. The van der Waals surface area contributed by atoms with Gasteiger partial charge >= 0.3 is 0 Å². The van der Waals surface area contributed by atoms with Crippen molar-refractivity contribution < 1.29 is 9.90 Å². The van der Waals surface area contributed by atoms with E-state index in [1.54, 1.807) is 25.1 Å². The van der Waals surface area contributed by atoms with Gasteiger partial charge in [0.05, 0.1) is 12.6 Å². The van der Waals surface area contributed by atoms with E-state index >= 15 is 0 Å². The second kappa shape index (κ2) is 6.82. The van der Waals surface area contributed by atoms with Crippen LogP contribution in [0.2, 0.25) is 0 Å². The number of amides is 1. The van der Waals surface area contributed by atoms with Crippen LogP contribution in [0.4, 0.5) is 5.13 Å². The lowest BCUT2D eigenvalue weighted by Crippen LogP contribution is -2.44. The van der Waals surface area contributed by atoms with Gasteiger partial charge in [0.15, 0.2) is 5.13 Å². The summed E-state index contributed by atoms with van der Waals surface area (Å²) in [6.07, 6.45) is 1.24. The topological polar surface area (TPSA) is 56.7 Å². The zero-order chi connectivity index (χ0) is 13.7. The van der Waals surface area contributed by atoms with Gasteiger partial charge in [0.25, 0.3) is 0 Å². The van der Waals surface area contributed by atoms with E-state index in [0.717, 1.165) is 0 Å². The van der Waals surface area contributed by atoms with Gasteiger partial charge in [-0.2, -0.15) is 0 Å². The number of likely N-dealkylation sites (N-methyl/N-ethyl adjacent to an activating group) is 1. The molecule has 102 valence electrons. The highest BCUT2D eigenvalue weighted by Crippen LogP contribution is 2.16. The molecule has 1 heterocycles. The molecule has 18 heavy (non-hydrogen) atoms. The van der Waals surface area contributed by atoms with Gasteiger partial charge in [-0.1, -0.05) is 0 Å². The molecule has 1 N–H and O–H groups in total. The second-order valence-corrected chi connectivity index (χ2v) is 5.51. The van der Waals surface area contributed by atoms with Crippen LogP contribution in [-0.2, 0) is 4.79 Å². The quantitative estimate of drug-likeness (QED) is 0.844. The van der Waals surface area contributed by atoms with Crippen molar-refractivity contribution in [2.75, 3.05) is 25.0 Å². The highest BCUT2D eigenvalue weighted by molar-refractivity contribution is 7.13. The Morgan fingerprint density at radius 2 is 2.17 bits per heavy atom. The average molecular weight is 271 g/mol. The number of aromatic nitrogens is 1. The molecule has 0 radical (unpaired) electrons. The number of carbonyl (C=O) groups excluding carboxylic acids is 1. The lowest BCUT2D eigenvalue weighted by molar-refractivity contribution is -0.120. The Bertz CT molecular complexity index is 365. The van der Waals surface area contributed by atoms with E-state index in [1.807, 2.05) is 24.1 Å². The van der Waals surface area contributed by atoms with Gasteiger partial charge in [-0.15, -0.1) is 11.3 Å². The monoisotopic (exact) mass is 271 g/mol. The van der Waals surface area contributed by atoms with Crippen LogP contribution in [0, 0.1) is 0 Å². The Morgan fingerprint density at radius 1 is 1.50 bits per heavy atom. The maximum Gasteiger partial charge on any atom is 0.242 e. The van der Waals surface area contributed by atoms with Crippen molar-refractivity contribution in [3.8, 4) is 0 Å². The van der Waals surface area contributed by atoms with Gasteiger partial charge in [-0.25, -0.2) is 4.98 Å². The molecule has 0 saturated carbocycles. The average Bonchev–Trinajstić information content (AvgIpc) is 2.79. The van der Waals surface area contributed by atoms with Crippen LogP contribution in [0.1, 0.15) is 20.8 Å². The van der Waals surface area contributed by atoms with Gasteiger partial charge in [-0.05, 0) is 20.8 Å². The van der Waals surface area contributed by atoms with Crippen LogP contribution in [0.5, 0.6) is 0 Å². The fraction of sp³-hybridized carbons (Fsp3) is 0.667. The molecule has 0 aromatic carbocycles. The summed E-state index contributed by atoms with van der Waals surface area (Å²) in [4.78, 5) is 19.7. The van der Waals surface area contributed by atoms with Crippen LogP contribution < -0.4 is 4.90 Å². The summed E-state index contributed by atoms with van der Waals surface area (Å²) in [5, 5.41) is 12.0. The first-order chi connectivity index (χ1) is 8.41. The number of thiazole rings is 1. The molecule has 1 unspecified atom stereocenters. The van der Waals surface area contributed by atoms with Crippen molar-refractivity contribution in [1.29, 1.82) is 0 Å². The lowest BCUT2D eigenvalue weighted by Gasteiger charge is -2.28. The maximum absolute atomic E-state index is 12.1. The zero-order valence-electron chi connectivity index (χ0n) is 11.3. The molecule has 6 heteroatoms.